The quantitative estimate of drug-likeness (QED) is 0.468. The minimum Gasteiger partial charge on any atom is -0.465 e. The SMILES string of the molecule is CCOC(=O)CSC1=C(C#N)C(c2ccccc2[N+](=O)[O-])CC(=O)N1. The largest absolute Gasteiger partial charge is 0.465 e. The molecule has 1 aromatic rings. The lowest BCUT2D eigenvalue weighted by Crippen LogP contribution is -2.31. The van der Waals surface area contributed by atoms with Crippen molar-refractivity contribution in [2.75, 3.05) is 12.4 Å². The predicted octanol–water partition coefficient (Wildman–Crippen LogP) is 2.23. The van der Waals surface area contributed by atoms with E-state index >= 15 is 0 Å². The van der Waals surface area contributed by atoms with Gasteiger partial charge in [0.05, 0.1) is 34.0 Å². The normalized spacial score (nSPS) is 16.8. The van der Waals surface area contributed by atoms with Gasteiger partial charge in [-0.2, -0.15) is 5.26 Å². The van der Waals surface area contributed by atoms with E-state index in [4.69, 9.17) is 4.74 Å². The van der Waals surface area contributed by atoms with Crippen LogP contribution in [0.4, 0.5) is 5.69 Å². The van der Waals surface area contributed by atoms with Gasteiger partial charge in [0.2, 0.25) is 5.91 Å². The molecule has 1 aliphatic heterocycles. The third-order valence-electron chi connectivity index (χ3n) is 3.50. The molecule has 0 aromatic heterocycles. The molecule has 0 spiro atoms. The van der Waals surface area contributed by atoms with Crippen molar-refractivity contribution >= 4 is 29.3 Å². The first-order valence-electron chi connectivity index (χ1n) is 7.43. The maximum Gasteiger partial charge on any atom is 0.316 e. The molecule has 1 amide bonds. The van der Waals surface area contributed by atoms with Gasteiger partial charge in [0.1, 0.15) is 0 Å². The number of carbonyl (C=O) groups excluding carboxylic acids is 2. The molecular weight excluding hydrogens is 346 g/mol. The second-order valence-electron chi connectivity index (χ2n) is 5.07. The summed E-state index contributed by atoms with van der Waals surface area (Å²) in [6.07, 6.45) is -0.0722. The van der Waals surface area contributed by atoms with E-state index in [0.29, 0.717) is 5.56 Å². The number of rotatable bonds is 6. The summed E-state index contributed by atoms with van der Waals surface area (Å²) in [6.45, 7) is 1.91. The van der Waals surface area contributed by atoms with Crippen LogP contribution in [0.25, 0.3) is 0 Å². The van der Waals surface area contributed by atoms with Crippen molar-refractivity contribution in [2.24, 2.45) is 0 Å². The van der Waals surface area contributed by atoms with Gasteiger partial charge < -0.3 is 10.1 Å². The van der Waals surface area contributed by atoms with Crippen LogP contribution < -0.4 is 5.32 Å². The summed E-state index contributed by atoms with van der Waals surface area (Å²) in [4.78, 5) is 34.2. The van der Waals surface area contributed by atoms with Crippen LogP contribution >= 0.6 is 11.8 Å². The topological polar surface area (TPSA) is 122 Å². The first-order valence-corrected chi connectivity index (χ1v) is 8.42. The summed E-state index contributed by atoms with van der Waals surface area (Å²) in [7, 11) is 0. The molecule has 0 aliphatic carbocycles. The van der Waals surface area contributed by atoms with Gasteiger partial charge in [-0.15, -0.1) is 0 Å². The van der Waals surface area contributed by atoms with Gasteiger partial charge in [-0.25, -0.2) is 0 Å². The lowest BCUT2D eigenvalue weighted by atomic mass is 9.86. The molecule has 1 atom stereocenters. The number of benzene rings is 1. The zero-order chi connectivity index (χ0) is 18.4. The van der Waals surface area contributed by atoms with E-state index in [0.717, 1.165) is 11.8 Å². The number of nitro groups is 1. The Morgan fingerprint density at radius 3 is 2.88 bits per heavy atom. The molecule has 1 N–H and O–H groups in total. The summed E-state index contributed by atoms with van der Waals surface area (Å²) < 4.78 is 4.82. The molecule has 2 rings (SSSR count). The van der Waals surface area contributed by atoms with Crippen molar-refractivity contribution in [1.82, 2.24) is 5.32 Å². The first kappa shape index (κ1) is 18.5. The molecule has 0 saturated heterocycles. The van der Waals surface area contributed by atoms with Crippen LogP contribution in [0.2, 0.25) is 0 Å². The number of hydrogen-bond donors (Lipinski definition) is 1. The van der Waals surface area contributed by atoms with Crippen molar-refractivity contribution in [2.45, 2.75) is 19.3 Å². The fourth-order valence-corrected chi connectivity index (χ4v) is 3.36. The number of nitro benzene ring substituents is 1. The molecule has 0 bridgehead atoms. The number of nitriles is 1. The Morgan fingerprint density at radius 1 is 1.52 bits per heavy atom. The number of nitrogens with zero attached hydrogens (tertiary/aromatic N) is 2. The van der Waals surface area contributed by atoms with Gasteiger partial charge in [0.15, 0.2) is 0 Å². The first-order chi connectivity index (χ1) is 12.0. The molecule has 0 saturated carbocycles. The molecule has 1 aliphatic rings. The van der Waals surface area contributed by atoms with Crippen LogP contribution in [0.5, 0.6) is 0 Å². The minimum absolute atomic E-state index is 0.0712. The van der Waals surface area contributed by atoms with Crippen LogP contribution in [0.15, 0.2) is 34.9 Å². The van der Waals surface area contributed by atoms with Gasteiger partial charge >= 0.3 is 5.97 Å². The van der Waals surface area contributed by atoms with Crippen LogP contribution in [0.1, 0.15) is 24.8 Å². The van der Waals surface area contributed by atoms with E-state index in [1.165, 1.54) is 18.2 Å². The zero-order valence-electron chi connectivity index (χ0n) is 13.4. The molecule has 1 heterocycles. The van der Waals surface area contributed by atoms with E-state index in [-0.39, 0.29) is 41.0 Å². The van der Waals surface area contributed by atoms with Gasteiger partial charge in [0.25, 0.3) is 5.69 Å². The third-order valence-corrected chi connectivity index (χ3v) is 4.50. The fourth-order valence-electron chi connectivity index (χ4n) is 2.48. The summed E-state index contributed by atoms with van der Waals surface area (Å²) in [5, 5.41) is 23.6. The molecule has 1 unspecified atom stereocenters. The van der Waals surface area contributed by atoms with E-state index in [1.54, 1.807) is 13.0 Å². The number of para-hydroxylation sites is 1. The van der Waals surface area contributed by atoms with Crippen LogP contribution in [-0.2, 0) is 14.3 Å². The van der Waals surface area contributed by atoms with E-state index < -0.39 is 16.8 Å². The highest BCUT2D eigenvalue weighted by atomic mass is 32.2. The highest BCUT2D eigenvalue weighted by Gasteiger charge is 2.33. The average Bonchev–Trinajstić information content (AvgIpc) is 2.59. The van der Waals surface area contributed by atoms with Crippen molar-refractivity contribution < 1.29 is 19.2 Å². The van der Waals surface area contributed by atoms with Crippen molar-refractivity contribution in [1.29, 1.82) is 5.26 Å². The Labute approximate surface area is 148 Å². The Bertz CT molecular complexity index is 784. The third kappa shape index (κ3) is 4.36. The Morgan fingerprint density at radius 2 is 2.24 bits per heavy atom. The molecule has 1 aromatic carbocycles. The molecule has 0 radical (unpaired) electrons. The van der Waals surface area contributed by atoms with E-state index in [9.17, 15) is 25.0 Å². The van der Waals surface area contributed by atoms with Gasteiger partial charge in [-0.05, 0) is 6.92 Å². The summed E-state index contributed by atoms with van der Waals surface area (Å²) in [5.74, 6) is -1.64. The molecular formula is C16H15N3O5S. The Balaban J connectivity index is 2.39. The summed E-state index contributed by atoms with van der Waals surface area (Å²) >= 11 is 0.975. The van der Waals surface area contributed by atoms with Crippen molar-refractivity contribution in [3.05, 3.63) is 50.5 Å². The standard InChI is InChI=1S/C16H15N3O5S/c1-2-24-15(21)9-25-16-12(8-17)11(7-14(20)18-16)10-5-3-4-6-13(10)19(22)23/h3-6,11H,2,7,9H2,1H3,(H,18,20). The number of ether oxygens (including phenoxy) is 1. The number of nitrogens with one attached hydrogen (secondary N) is 1. The second-order valence-corrected chi connectivity index (χ2v) is 6.05. The van der Waals surface area contributed by atoms with Crippen molar-refractivity contribution in [3.63, 3.8) is 0 Å². The maximum absolute atomic E-state index is 12.0. The molecule has 9 heteroatoms. The number of thioether (sulfide) groups is 1. The number of allylic oxidation sites excluding steroid dienone is 1. The maximum atomic E-state index is 12.0. The van der Waals surface area contributed by atoms with E-state index in [2.05, 4.69) is 5.32 Å². The fraction of sp³-hybridized carbons (Fsp3) is 0.312. The minimum atomic E-state index is -0.731. The Hall–Kier alpha value is -2.86. The zero-order valence-corrected chi connectivity index (χ0v) is 14.2. The smallest absolute Gasteiger partial charge is 0.316 e. The lowest BCUT2D eigenvalue weighted by Gasteiger charge is -2.24. The average molecular weight is 361 g/mol. The van der Waals surface area contributed by atoms with E-state index in [1.807, 2.05) is 6.07 Å². The lowest BCUT2D eigenvalue weighted by molar-refractivity contribution is -0.385. The monoisotopic (exact) mass is 361 g/mol. The van der Waals surface area contributed by atoms with Crippen LogP contribution in [0, 0.1) is 21.4 Å². The molecule has 0 fully saturated rings. The molecule has 25 heavy (non-hydrogen) atoms. The highest BCUT2D eigenvalue weighted by molar-refractivity contribution is 8.03. The summed E-state index contributed by atoms with van der Waals surface area (Å²) in [5.41, 5.74) is 0.348. The van der Waals surface area contributed by atoms with Crippen LogP contribution in [0.3, 0.4) is 0 Å². The summed E-state index contributed by atoms with van der Waals surface area (Å²) in [6, 6.07) is 8.03. The second kappa shape index (κ2) is 8.30. The number of carbonyl (C=O) groups is 2. The Kier molecular flexibility index (Phi) is 6.14. The number of hydrogen-bond acceptors (Lipinski definition) is 7. The van der Waals surface area contributed by atoms with Gasteiger partial charge in [-0.1, -0.05) is 30.0 Å². The molecule has 8 nitrogen and oxygen atoms in total. The highest BCUT2D eigenvalue weighted by Crippen LogP contribution is 2.39. The van der Waals surface area contributed by atoms with Crippen molar-refractivity contribution in [3.8, 4) is 6.07 Å². The predicted molar refractivity (Wildman–Crippen MR) is 90.3 cm³/mol. The van der Waals surface area contributed by atoms with Crippen LogP contribution in [-0.4, -0.2) is 29.2 Å². The number of esters is 1. The van der Waals surface area contributed by atoms with Gasteiger partial charge in [0, 0.05) is 24.0 Å². The molecule has 130 valence electrons. The van der Waals surface area contributed by atoms with Gasteiger partial charge in [-0.3, -0.25) is 19.7 Å². The number of amides is 1.